The highest BCUT2D eigenvalue weighted by Crippen LogP contribution is 2.26. The summed E-state index contributed by atoms with van der Waals surface area (Å²) < 4.78 is 5.47. The van der Waals surface area contributed by atoms with Crippen LogP contribution in [0.5, 0.6) is 0 Å². The fourth-order valence-electron chi connectivity index (χ4n) is 1.21. The van der Waals surface area contributed by atoms with Gasteiger partial charge in [-0.05, 0) is 43.0 Å². The van der Waals surface area contributed by atoms with E-state index in [-0.39, 0.29) is 0 Å². The van der Waals surface area contributed by atoms with Crippen LogP contribution in [0.4, 0.5) is 0 Å². The Morgan fingerprint density at radius 3 is 3.00 bits per heavy atom. The van der Waals surface area contributed by atoms with Crippen molar-refractivity contribution in [2.24, 2.45) is 5.73 Å². The lowest BCUT2D eigenvalue weighted by atomic mass is 10.4. The number of hydrogen-bond acceptors (Lipinski definition) is 5. The smallest absolute Gasteiger partial charge is 0.241 e. The van der Waals surface area contributed by atoms with E-state index in [1.807, 2.05) is 13.0 Å². The lowest BCUT2D eigenvalue weighted by molar-refractivity contribution is -0.113. The summed E-state index contributed by atoms with van der Waals surface area (Å²) in [5, 5.41) is 1.28. The predicted molar refractivity (Wildman–Crippen MR) is 67.8 cm³/mol. The molecule has 0 unspecified atom stereocenters. The van der Waals surface area contributed by atoms with E-state index in [9.17, 15) is 4.79 Å². The van der Waals surface area contributed by atoms with Crippen LogP contribution in [0.15, 0.2) is 45.1 Å². The summed E-state index contributed by atoms with van der Waals surface area (Å²) in [5.41, 5.74) is 5.89. The second kappa shape index (κ2) is 5.50. The van der Waals surface area contributed by atoms with Crippen LogP contribution in [-0.2, 0) is 4.79 Å². The number of amides is 1. The van der Waals surface area contributed by atoms with Crippen LogP contribution in [0.3, 0.4) is 0 Å². The third-order valence-electron chi connectivity index (χ3n) is 1.98. The normalized spacial score (nSPS) is 10.9. The largest absolute Gasteiger partial charge is 0.450 e. The molecule has 2 aromatic heterocycles. The molecule has 0 saturated carbocycles. The number of hydrogen-bond donors (Lipinski definition) is 1. The van der Waals surface area contributed by atoms with E-state index in [0.717, 1.165) is 5.69 Å². The molecule has 0 spiro atoms. The molecule has 2 rings (SSSR count). The number of rotatable bonds is 4. The third kappa shape index (κ3) is 3.46. The summed E-state index contributed by atoms with van der Waals surface area (Å²) >= 11 is 1.32. The number of primary amides is 1. The number of aryl methyl sites for hydroxylation is 1. The van der Waals surface area contributed by atoms with Crippen molar-refractivity contribution >= 4 is 23.7 Å². The quantitative estimate of drug-likeness (QED) is 0.672. The molecular weight excluding hydrogens is 250 g/mol. The molecule has 0 aliphatic carbocycles. The number of nitrogens with zero attached hydrogens (tertiary/aromatic N) is 2. The van der Waals surface area contributed by atoms with Gasteiger partial charge < -0.3 is 10.2 Å². The van der Waals surface area contributed by atoms with Gasteiger partial charge in [0.15, 0.2) is 10.2 Å². The van der Waals surface area contributed by atoms with Crippen LogP contribution in [0, 0.1) is 6.92 Å². The van der Waals surface area contributed by atoms with Crippen LogP contribution < -0.4 is 5.73 Å². The number of nitrogens with two attached hydrogens (primary N) is 1. The molecule has 0 aliphatic rings. The summed E-state index contributed by atoms with van der Waals surface area (Å²) in [6.07, 6.45) is 4.46. The molecule has 0 aliphatic heterocycles. The lowest BCUT2D eigenvalue weighted by Gasteiger charge is -1.96. The molecule has 6 heteroatoms. The van der Waals surface area contributed by atoms with E-state index in [2.05, 4.69) is 9.97 Å². The standard InChI is InChI=1S/C12H11N3O2S/c1-8-6-7-14-12(15-8)18-11-5-3-9(17-11)2-4-10(13)16/h2-7H,1H3,(H2,13,16)/b4-2-. The Morgan fingerprint density at radius 2 is 2.28 bits per heavy atom. The average Bonchev–Trinajstić information content (AvgIpc) is 2.74. The minimum atomic E-state index is -0.511. The second-order valence-electron chi connectivity index (χ2n) is 3.48. The summed E-state index contributed by atoms with van der Waals surface area (Å²) in [6, 6.07) is 5.36. The van der Waals surface area contributed by atoms with Crippen molar-refractivity contribution in [1.82, 2.24) is 9.97 Å². The Labute approximate surface area is 108 Å². The van der Waals surface area contributed by atoms with E-state index < -0.39 is 5.91 Å². The highest BCUT2D eigenvalue weighted by molar-refractivity contribution is 7.99. The van der Waals surface area contributed by atoms with Gasteiger partial charge in [0.05, 0.1) is 0 Å². The molecule has 2 aromatic rings. The molecule has 0 radical (unpaired) electrons. The van der Waals surface area contributed by atoms with E-state index >= 15 is 0 Å². The summed E-state index contributed by atoms with van der Waals surface area (Å²) in [7, 11) is 0. The molecule has 0 aromatic carbocycles. The SMILES string of the molecule is Cc1ccnc(Sc2ccc(/C=C\C(N)=O)o2)n1. The number of aromatic nitrogens is 2. The zero-order chi connectivity index (χ0) is 13.0. The predicted octanol–water partition coefficient (Wildman–Crippen LogP) is 2.03. The van der Waals surface area contributed by atoms with Crippen LogP contribution in [-0.4, -0.2) is 15.9 Å². The first-order valence-electron chi connectivity index (χ1n) is 5.18. The van der Waals surface area contributed by atoms with Gasteiger partial charge in [-0.1, -0.05) is 0 Å². The molecule has 1 amide bonds. The van der Waals surface area contributed by atoms with Crippen molar-refractivity contribution in [2.45, 2.75) is 17.2 Å². The fourth-order valence-corrected chi connectivity index (χ4v) is 1.97. The van der Waals surface area contributed by atoms with Crippen molar-refractivity contribution in [3.63, 3.8) is 0 Å². The van der Waals surface area contributed by atoms with Crippen molar-refractivity contribution in [3.8, 4) is 0 Å². The first kappa shape index (κ1) is 12.4. The van der Waals surface area contributed by atoms with E-state index in [1.165, 1.54) is 23.9 Å². The highest BCUT2D eigenvalue weighted by atomic mass is 32.2. The number of furan rings is 1. The lowest BCUT2D eigenvalue weighted by Crippen LogP contribution is -2.04. The van der Waals surface area contributed by atoms with E-state index in [0.29, 0.717) is 16.0 Å². The van der Waals surface area contributed by atoms with Gasteiger partial charge in [0.1, 0.15) is 5.76 Å². The van der Waals surface area contributed by atoms with Crippen molar-refractivity contribution in [1.29, 1.82) is 0 Å². The van der Waals surface area contributed by atoms with Gasteiger partial charge >= 0.3 is 0 Å². The molecular formula is C12H11N3O2S. The summed E-state index contributed by atoms with van der Waals surface area (Å²) in [6.45, 7) is 1.90. The number of carbonyl (C=O) groups is 1. The Kier molecular flexibility index (Phi) is 3.78. The molecule has 0 saturated heterocycles. The maximum Gasteiger partial charge on any atom is 0.241 e. The zero-order valence-corrected chi connectivity index (χ0v) is 10.5. The van der Waals surface area contributed by atoms with Crippen molar-refractivity contribution in [3.05, 3.63) is 41.9 Å². The Bertz CT molecular complexity index is 593. The van der Waals surface area contributed by atoms with Crippen LogP contribution in [0.1, 0.15) is 11.5 Å². The minimum absolute atomic E-state index is 0.511. The molecule has 0 fully saturated rings. The van der Waals surface area contributed by atoms with Gasteiger partial charge in [-0.25, -0.2) is 9.97 Å². The average molecular weight is 261 g/mol. The Balaban J connectivity index is 2.09. The summed E-state index contributed by atoms with van der Waals surface area (Å²) in [5.74, 6) is 0.0478. The highest BCUT2D eigenvalue weighted by Gasteiger charge is 2.05. The van der Waals surface area contributed by atoms with Gasteiger partial charge in [-0.3, -0.25) is 4.79 Å². The van der Waals surface area contributed by atoms with Gasteiger partial charge in [-0.15, -0.1) is 0 Å². The van der Waals surface area contributed by atoms with Crippen LogP contribution in [0.2, 0.25) is 0 Å². The van der Waals surface area contributed by atoms with Crippen molar-refractivity contribution in [2.75, 3.05) is 0 Å². The van der Waals surface area contributed by atoms with Gasteiger partial charge in [0.25, 0.3) is 0 Å². The molecule has 18 heavy (non-hydrogen) atoms. The van der Waals surface area contributed by atoms with Gasteiger partial charge in [-0.2, -0.15) is 0 Å². The Morgan fingerprint density at radius 1 is 1.44 bits per heavy atom. The first-order valence-corrected chi connectivity index (χ1v) is 6.00. The molecule has 2 N–H and O–H groups in total. The van der Waals surface area contributed by atoms with E-state index in [4.69, 9.17) is 10.2 Å². The third-order valence-corrected chi connectivity index (χ3v) is 2.78. The minimum Gasteiger partial charge on any atom is -0.450 e. The molecule has 0 bridgehead atoms. The molecule has 92 valence electrons. The molecule has 0 atom stereocenters. The first-order chi connectivity index (χ1) is 8.63. The van der Waals surface area contributed by atoms with Crippen molar-refractivity contribution < 1.29 is 9.21 Å². The Hall–Kier alpha value is -2.08. The monoisotopic (exact) mass is 261 g/mol. The summed E-state index contributed by atoms with van der Waals surface area (Å²) in [4.78, 5) is 18.9. The zero-order valence-electron chi connectivity index (χ0n) is 9.66. The van der Waals surface area contributed by atoms with Crippen LogP contribution >= 0.6 is 11.8 Å². The fraction of sp³-hybridized carbons (Fsp3) is 0.0833. The van der Waals surface area contributed by atoms with E-state index in [1.54, 1.807) is 18.3 Å². The van der Waals surface area contributed by atoms with Crippen LogP contribution in [0.25, 0.3) is 6.08 Å². The van der Waals surface area contributed by atoms with Gasteiger partial charge in [0.2, 0.25) is 5.91 Å². The number of carbonyl (C=O) groups excluding carboxylic acids is 1. The molecule has 2 heterocycles. The topological polar surface area (TPSA) is 82.0 Å². The maximum atomic E-state index is 10.6. The second-order valence-corrected chi connectivity index (χ2v) is 4.45. The molecule has 5 nitrogen and oxygen atoms in total. The van der Waals surface area contributed by atoms with Gasteiger partial charge in [0, 0.05) is 18.0 Å². The maximum absolute atomic E-state index is 10.6.